The van der Waals surface area contributed by atoms with E-state index in [9.17, 15) is 0 Å². The average Bonchev–Trinajstić information content (AvgIpc) is 2.75. The van der Waals surface area contributed by atoms with E-state index in [1.165, 1.54) is 81.8 Å². The lowest BCUT2D eigenvalue weighted by Gasteiger charge is -2.36. The summed E-state index contributed by atoms with van der Waals surface area (Å²) >= 11 is 0. The highest BCUT2D eigenvalue weighted by Crippen LogP contribution is 2.43. The van der Waals surface area contributed by atoms with Gasteiger partial charge in [0, 0.05) is 5.41 Å². The van der Waals surface area contributed by atoms with Crippen molar-refractivity contribution in [1.82, 2.24) is 0 Å². The lowest BCUT2D eigenvalue weighted by atomic mass is 9.67. The first-order valence-corrected chi connectivity index (χ1v) is 11.1. The molecule has 2 aromatic carbocycles. The van der Waals surface area contributed by atoms with Crippen LogP contribution in [0.15, 0.2) is 48.5 Å². The van der Waals surface area contributed by atoms with E-state index < -0.39 is 0 Å². The molecule has 0 bridgehead atoms. The van der Waals surface area contributed by atoms with Crippen molar-refractivity contribution in [2.45, 2.75) is 76.0 Å². The van der Waals surface area contributed by atoms with E-state index >= 15 is 0 Å². The zero-order valence-electron chi connectivity index (χ0n) is 17.7. The van der Waals surface area contributed by atoms with Gasteiger partial charge in [-0.2, -0.15) is 0 Å². The first kappa shape index (κ1) is 20.8. The number of hydrogen-bond donors (Lipinski definition) is 0. The summed E-state index contributed by atoms with van der Waals surface area (Å²) < 4.78 is 10.8. The van der Waals surface area contributed by atoms with Crippen LogP contribution in [-0.4, -0.2) is 14.2 Å². The molecule has 0 heterocycles. The van der Waals surface area contributed by atoms with Crippen LogP contribution in [0.1, 0.15) is 81.8 Å². The third-order valence-electron chi connectivity index (χ3n) is 6.49. The normalized spacial score (nSPS) is 18.5. The van der Waals surface area contributed by atoms with Crippen LogP contribution in [0, 0.1) is 0 Å². The van der Waals surface area contributed by atoms with Crippen LogP contribution in [-0.2, 0) is 5.41 Å². The molecule has 0 saturated heterocycles. The van der Waals surface area contributed by atoms with Crippen LogP contribution in [0.2, 0.25) is 0 Å². The number of hydrogen-bond acceptors (Lipinski definition) is 2. The Balaban J connectivity index is 1.97. The van der Waals surface area contributed by atoms with E-state index in [2.05, 4.69) is 48.5 Å². The van der Waals surface area contributed by atoms with E-state index in [0.29, 0.717) is 0 Å². The Morgan fingerprint density at radius 2 is 0.821 bits per heavy atom. The van der Waals surface area contributed by atoms with Crippen molar-refractivity contribution < 1.29 is 9.47 Å². The molecule has 0 spiro atoms. The predicted molar refractivity (Wildman–Crippen MR) is 118 cm³/mol. The highest BCUT2D eigenvalue weighted by Gasteiger charge is 2.33. The van der Waals surface area contributed by atoms with Gasteiger partial charge in [-0.1, -0.05) is 82.1 Å². The minimum Gasteiger partial charge on any atom is -0.497 e. The van der Waals surface area contributed by atoms with Gasteiger partial charge in [-0.05, 0) is 48.2 Å². The predicted octanol–water partition coefficient (Wildman–Crippen LogP) is 7.29. The van der Waals surface area contributed by atoms with Gasteiger partial charge in [-0.15, -0.1) is 0 Å². The average molecular weight is 381 g/mol. The number of benzene rings is 2. The molecule has 0 N–H and O–H groups in total. The fourth-order valence-corrected chi connectivity index (χ4v) is 4.78. The molecule has 1 fully saturated rings. The standard InChI is InChI=1S/C26H36O2/c1-27-24-16-12-22(13-17-24)26(23-14-18-25(28-2)19-15-23)20-10-8-6-4-3-5-7-9-11-21-26/h12-19H,3-11,20-21H2,1-2H3. The molecule has 152 valence electrons. The van der Waals surface area contributed by atoms with E-state index in [0.717, 1.165) is 11.5 Å². The summed E-state index contributed by atoms with van der Waals surface area (Å²) in [4.78, 5) is 0. The van der Waals surface area contributed by atoms with Gasteiger partial charge in [-0.25, -0.2) is 0 Å². The van der Waals surface area contributed by atoms with E-state index in [4.69, 9.17) is 9.47 Å². The van der Waals surface area contributed by atoms with Gasteiger partial charge in [0.2, 0.25) is 0 Å². The van der Waals surface area contributed by atoms with Crippen molar-refractivity contribution >= 4 is 0 Å². The smallest absolute Gasteiger partial charge is 0.118 e. The molecule has 2 aromatic rings. The number of rotatable bonds is 4. The minimum absolute atomic E-state index is 0.0811. The molecule has 2 heteroatoms. The zero-order valence-corrected chi connectivity index (χ0v) is 17.7. The van der Waals surface area contributed by atoms with Crippen molar-refractivity contribution in [1.29, 1.82) is 0 Å². The summed E-state index contributed by atoms with van der Waals surface area (Å²) in [6, 6.07) is 17.6. The monoisotopic (exact) mass is 380 g/mol. The topological polar surface area (TPSA) is 18.5 Å². The zero-order chi connectivity index (χ0) is 19.7. The van der Waals surface area contributed by atoms with Crippen molar-refractivity contribution in [3.63, 3.8) is 0 Å². The van der Waals surface area contributed by atoms with Gasteiger partial charge in [-0.3, -0.25) is 0 Å². The molecule has 2 nitrogen and oxygen atoms in total. The van der Waals surface area contributed by atoms with Gasteiger partial charge >= 0.3 is 0 Å². The van der Waals surface area contributed by atoms with Crippen LogP contribution < -0.4 is 9.47 Å². The van der Waals surface area contributed by atoms with Crippen LogP contribution in [0.4, 0.5) is 0 Å². The molecule has 0 aromatic heterocycles. The molecule has 0 unspecified atom stereocenters. The van der Waals surface area contributed by atoms with Crippen LogP contribution in [0.25, 0.3) is 0 Å². The summed E-state index contributed by atoms with van der Waals surface area (Å²) in [6.45, 7) is 0. The van der Waals surface area contributed by atoms with Crippen LogP contribution in [0.5, 0.6) is 11.5 Å². The Morgan fingerprint density at radius 1 is 0.500 bits per heavy atom. The lowest BCUT2D eigenvalue weighted by Crippen LogP contribution is -2.28. The Kier molecular flexibility index (Phi) is 7.82. The minimum atomic E-state index is 0.0811. The Morgan fingerprint density at radius 3 is 1.14 bits per heavy atom. The van der Waals surface area contributed by atoms with E-state index in [1.54, 1.807) is 14.2 Å². The Bertz CT molecular complexity index is 626. The number of methoxy groups -OCH3 is 2. The molecule has 0 aliphatic heterocycles. The summed E-state index contributed by atoms with van der Waals surface area (Å²) in [5.74, 6) is 1.86. The lowest BCUT2D eigenvalue weighted by molar-refractivity contribution is 0.379. The van der Waals surface area contributed by atoms with E-state index in [-0.39, 0.29) is 5.41 Å². The van der Waals surface area contributed by atoms with Gasteiger partial charge in [0.15, 0.2) is 0 Å². The Hall–Kier alpha value is -1.96. The fraction of sp³-hybridized carbons (Fsp3) is 0.538. The highest BCUT2D eigenvalue weighted by molar-refractivity contribution is 5.43. The van der Waals surface area contributed by atoms with Gasteiger partial charge in [0.05, 0.1) is 14.2 Å². The second kappa shape index (κ2) is 10.5. The van der Waals surface area contributed by atoms with Gasteiger partial charge in [0.25, 0.3) is 0 Å². The fourth-order valence-electron chi connectivity index (χ4n) is 4.78. The molecular weight excluding hydrogens is 344 g/mol. The van der Waals surface area contributed by atoms with Gasteiger partial charge in [0.1, 0.15) is 11.5 Å². The molecule has 0 atom stereocenters. The maximum Gasteiger partial charge on any atom is 0.118 e. The van der Waals surface area contributed by atoms with Gasteiger partial charge < -0.3 is 9.47 Å². The number of ether oxygens (including phenoxy) is 2. The molecule has 1 aliphatic rings. The first-order valence-electron chi connectivity index (χ1n) is 11.1. The van der Waals surface area contributed by atoms with Crippen molar-refractivity contribution in [3.8, 4) is 11.5 Å². The second-order valence-electron chi connectivity index (χ2n) is 8.22. The highest BCUT2D eigenvalue weighted by atomic mass is 16.5. The van der Waals surface area contributed by atoms with Crippen molar-refractivity contribution in [2.24, 2.45) is 0 Å². The quantitative estimate of drug-likeness (QED) is 0.554. The van der Waals surface area contributed by atoms with Crippen LogP contribution >= 0.6 is 0 Å². The summed E-state index contributed by atoms with van der Waals surface area (Å²) in [5.41, 5.74) is 2.93. The molecule has 28 heavy (non-hydrogen) atoms. The SMILES string of the molecule is COc1ccc(C2(c3ccc(OC)cc3)CCCCCCCCCCC2)cc1. The maximum absolute atomic E-state index is 5.42. The van der Waals surface area contributed by atoms with Crippen molar-refractivity contribution in [2.75, 3.05) is 14.2 Å². The molecule has 1 aliphatic carbocycles. The van der Waals surface area contributed by atoms with Crippen LogP contribution in [0.3, 0.4) is 0 Å². The third-order valence-corrected chi connectivity index (χ3v) is 6.49. The first-order chi connectivity index (χ1) is 13.8. The second-order valence-corrected chi connectivity index (χ2v) is 8.22. The summed E-state index contributed by atoms with van der Waals surface area (Å²) in [7, 11) is 3.48. The Labute approximate surface area is 171 Å². The summed E-state index contributed by atoms with van der Waals surface area (Å²) in [5, 5.41) is 0. The molecule has 0 amide bonds. The molecular formula is C26H36O2. The molecule has 3 rings (SSSR count). The summed E-state index contributed by atoms with van der Waals surface area (Å²) in [6.07, 6.45) is 14.7. The maximum atomic E-state index is 5.42. The molecule has 0 radical (unpaired) electrons. The van der Waals surface area contributed by atoms with E-state index in [1.807, 2.05) is 0 Å². The third kappa shape index (κ3) is 5.10. The molecule has 1 saturated carbocycles. The van der Waals surface area contributed by atoms with Crippen molar-refractivity contribution in [3.05, 3.63) is 59.7 Å². The largest absolute Gasteiger partial charge is 0.497 e.